The van der Waals surface area contributed by atoms with E-state index in [9.17, 15) is 0 Å². The Bertz CT molecular complexity index is 777. The molecule has 0 aliphatic carbocycles. The van der Waals surface area contributed by atoms with E-state index in [1.807, 2.05) is 36.4 Å². The lowest BCUT2D eigenvalue weighted by molar-refractivity contribution is 0.188. The summed E-state index contributed by atoms with van der Waals surface area (Å²) >= 11 is 0. The van der Waals surface area contributed by atoms with Gasteiger partial charge in [0.25, 0.3) is 0 Å². The fraction of sp³-hybridized carbons (Fsp3) is 0.235. The average Bonchev–Trinajstić information content (AvgIpc) is 2.86. The van der Waals surface area contributed by atoms with Crippen molar-refractivity contribution in [1.82, 2.24) is 9.55 Å². The SMILES string of the molecule is COCCn1c(-c2cc(N)ccc2C)nc2ccccc21. The second kappa shape index (κ2) is 5.58. The molecule has 1 heterocycles. The molecule has 3 rings (SSSR count). The van der Waals surface area contributed by atoms with Crippen molar-refractivity contribution in [3.63, 3.8) is 0 Å². The van der Waals surface area contributed by atoms with Crippen LogP contribution >= 0.6 is 0 Å². The van der Waals surface area contributed by atoms with Crippen molar-refractivity contribution < 1.29 is 4.74 Å². The maximum atomic E-state index is 5.95. The minimum absolute atomic E-state index is 0.648. The maximum absolute atomic E-state index is 5.95. The van der Waals surface area contributed by atoms with Crippen LogP contribution in [0.5, 0.6) is 0 Å². The first-order chi connectivity index (χ1) is 10.2. The molecule has 0 unspecified atom stereocenters. The van der Waals surface area contributed by atoms with Crippen molar-refractivity contribution in [3.8, 4) is 11.4 Å². The molecule has 0 spiro atoms. The first kappa shape index (κ1) is 13.6. The summed E-state index contributed by atoms with van der Waals surface area (Å²) in [4.78, 5) is 4.79. The van der Waals surface area contributed by atoms with Gasteiger partial charge in [-0.15, -0.1) is 0 Å². The molecule has 1 aromatic heterocycles. The van der Waals surface area contributed by atoms with Gasteiger partial charge in [0, 0.05) is 24.9 Å². The third kappa shape index (κ3) is 2.50. The van der Waals surface area contributed by atoms with Gasteiger partial charge in [0.2, 0.25) is 0 Å². The van der Waals surface area contributed by atoms with Gasteiger partial charge in [-0.2, -0.15) is 0 Å². The quantitative estimate of drug-likeness (QED) is 0.747. The second-order valence-corrected chi connectivity index (χ2v) is 5.14. The van der Waals surface area contributed by atoms with E-state index in [1.165, 1.54) is 0 Å². The molecule has 4 nitrogen and oxygen atoms in total. The Balaban J connectivity index is 2.23. The van der Waals surface area contributed by atoms with Crippen LogP contribution in [0.15, 0.2) is 42.5 Å². The molecular weight excluding hydrogens is 262 g/mol. The number of ether oxygens (including phenoxy) is 1. The monoisotopic (exact) mass is 281 g/mol. The van der Waals surface area contributed by atoms with Gasteiger partial charge in [-0.05, 0) is 36.8 Å². The fourth-order valence-electron chi connectivity index (χ4n) is 2.57. The molecule has 21 heavy (non-hydrogen) atoms. The number of para-hydroxylation sites is 2. The predicted octanol–water partition coefficient (Wildman–Crippen LogP) is 3.24. The molecule has 0 fully saturated rings. The van der Waals surface area contributed by atoms with E-state index in [2.05, 4.69) is 17.6 Å². The van der Waals surface area contributed by atoms with E-state index < -0.39 is 0 Å². The molecule has 3 aromatic rings. The van der Waals surface area contributed by atoms with Crippen LogP contribution in [0.4, 0.5) is 5.69 Å². The van der Waals surface area contributed by atoms with Crippen LogP contribution in [-0.2, 0) is 11.3 Å². The highest BCUT2D eigenvalue weighted by Gasteiger charge is 2.14. The molecule has 0 atom stereocenters. The smallest absolute Gasteiger partial charge is 0.141 e. The normalized spacial score (nSPS) is 11.1. The number of anilines is 1. The highest BCUT2D eigenvalue weighted by atomic mass is 16.5. The van der Waals surface area contributed by atoms with Crippen LogP contribution in [-0.4, -0.2) is 23.3 Å². The summed E-state index contributed by atoms with van der Waals surface area (Å²) in [6.45, 7) is 3.49. The van der Waals surface area contributed by atoms with Gasteiger partial charge >= 0.3 is 0 Å². The summed E-state index contributed by atoms with van der Waals surface area (Å²) < 4.78 is 7.43. The van der Waals surface area contributed by atoms with Gasteiger partial charge in [-0.3, -0.25) is 0 Å². The number of nitrogen functional groups attached to an aromatic ring is 1. The minimum Gasteiger partial charge on any atom is -0.399 e. The lowest BCUT2D eigenvalue weighted by atomic mass is 10.1. The van der Waals surface area contributed by atoms with Gasteiger partial charge in [-0.25, -0.2) is 4.98 Å². The number of aromatic nitrogens is 2. The van der Waals surface area contributed by atoms with Gasteiger partial charge < -0.3 is 15.0 Å². The molecule has 0 saturated carbocycles. The summed E-state index contributed by atoms with van der Waals surface area (Å²) in [5.41, 5.74) is 11.0. The van der Waals surface area contributed by atoms with E-state index in [4.69, 9.17) is 15.5 Å². The lowest BCUT2D eigenvalue weighted by Crippen LogP contribution is -2.06. The first-order valence-electron chi connectivity index (χ1n) is 7.01. The molecule has 2 aromatic carbocycles. The molecule has 0 saturated heterocycles. The number of fused-ring (bicyclic) bond motifs is 1. The summed E-state index contributed by atoms with van der Waals surface area (Å²) in [6.07, 6.45) is 0. The Labute approximate surface area is 124 Å². The Morgan fingerprint density at radius 2 is 2.00 bits per heavy atom. The summed E-state index contributed by atoms with van der Waals surface area (Å²) in [6, 6.07) is 14.1. The summed E-state index contributed by atoms with van der Waals surface area (Å²) in [5, 5.41) is 0. The zero-order valence-corrected chi connectivity index (χ0v) is 12.3. The van der Waals surface area contributed by atoms with Crippen LogP contribution in [0.1, 0.15) is 5.56 Å². The minimum atomic E-state index is 0.648. The number of hydrogen-bond donors (Lipinski definition) is 1. The molecule has 0 aliphatic rings. The third-order valence-electron chi connectivity index (χ3n) is 3.68. The van der Waals surface area contributed by atoms with Gasteiger partial charge in [0.05, 0.1) is 17.6 Å². The van der Waals surface area contributed by atoms with Crippen LogP contribution in [0.3, 0.4) is 0 Å². The predicted molar refractivity (Wildman–Crippen MR) is 86.2 cm³/mol. The van der Waals surface area contributed by atoms with Crippen molar-refractivity contribution in [2.45, 2.75) is 13.5 Å². The molecule has 0 aliphatic heterocycles. The topological polar surface area (TPSA) is 53.1 Å². The second-order valence-electron chi connectivity index (χ2n) is 5.14. The van der Waals surface area contributed by atoms with E-state index >= 15 is 0 Å². The van der Waals surface area contributed by atoms with E-state index in [1.54, 1.807) is 7.11 Å². The van der Waals surface area contributed by atoms with Gasteiger partial charge in [0.15, 0.2) is 0 Å². The van der Waals surface area contributed by atoms with Crippen molar-refractivity contribution in [3.05, 3.63) is 48.0 Å². The molecular formula is C17H19N3O. The Hall–Kier alpha value is -2.33. The number of rotatable bonds is 4. The van der Waals surface area contributed by atoms with E-state index in [-0.39, 0.29) is 0 Å². The zero-order chi connectivity index (χ0) is 14.8. The molecule has 0 amide bonds. The lowest BCUT2D eigenvalue weighted by Gasteiger charge is -2.11. The van der Waals surface area contributed by atoms with Gasteiger partial charge in [0.1, 0.15) is 5.82 Å². The average molecular weight is 281 g/mol. The van der Waals surface area contributed by atoms with Crippen LogP contribution in [0.25, 0.3) is 22.4 Å². The number of nitrogens with zero attached hydrogens (tertiary/aromatic N) is 2. The number of hydrogen-bond acceptors (Lipinski definition) is 3. The standard InChI is InChI=1S/C17H19N3O/c1-12-7-8-13(18)11-14(12)17-19-15-5-3-4-6-16(15)20(17)9-10-21-2/h3-8,11H,9-10,18H2,1-2H3. The van der Waals surface area contributed by atoms with Crippen molar-refractivity contribution in [2.24, 2.45) is 0 Å². The Morgan fingerprint density at radius 1 is 1.19 bits per heavy atom. The Kier molecular flexibility index (Phi) is 3.62. The zero-order valence-electron chi connectivity index (χ0n) is 12.3. The molecule has 4 heteroatoms. The highest BCUT2D eigenvalue weighted by molar-refractivity contribution is 5.81. The molecule has 108 valence electrons. The van der Waals surface area contributed by atoms with Crippen LogP contribution < -0.4 is 5.73 Å². The molecule has 0 radical (unpaired) electrons. The summed E-state index contributed by atoms with van der Waals surface area (Å²) in [5.74, 6) is 0.943. The largest absolute Gasteiger partial charge is 0.399 e. The number of imidazole rings is 1. The van der Waals surface area contributed by atoms with E-state index in [0.717, 1.165) is 40.2 Å². The van der Waals surface area contributed by atoms with Crippen molar-refractivity contribution in [2.75, 3.05) is 19.5 Å². The molecule has 2 N–H and O–H groups in total. The van der Waals surface area contributed by atoms with Crippen molar-refractivity contribution >= 4 is 16.7 Å². The maximum Gasteiger partial charge on any atom is 0.141 e. The highest BCUT2D eigenvalue weighted by Crippen LogP contribution is 2.28. The van der Waals surface area contributed by atoms with Crippen LogP contribution in [0.2, 0.25) is 0 Å². The number of aryl methyl sites for hydroxylation is 1. The van der Waals surface area contributed by atoms with Crippen LogP contribution in [0, 0.1) is 6.92 Å². The first-order valence-corrected chi connectivity index (χ1v) is 7.01. The molecule has 0 bridgehead atoms. The summed E-state index contributed by atoms with van der Waals surface area (Å²) in [7, 11) is 1.71. The number of nitrogens with two attached hydrogens (primary N) is 1. The number of methoxy groups -OCH3 is 1. The number of benzene rings is 2. The Morgan fingerprint density at radius 3 is 2.81 bits per heavy atom. The third-order valence-corrected chi connectivity index (χ3v) is 3.68. The van der Waals surface area contributed by atoms with E-state index in [0.29, 0.717) is 6.61 Å². The van der Waals surface area contributed by atoms with Gasteiger partial charge in [-0.1, -0.05) is 18.2 Å². The fourth-order valence-corrected chi connectivity index (χ4v) is 2.57. The van der Waals surface area contributed by atoms with Crippen molar-refractivity contribution in [1.29, 1.82) is 0 Å².